The third kappa shape index (κ3) is 2.69. The van der Waals surface area contributed by atoms with Gasteiger partial charge in [0.05, 0.1) is 11.5 Å². The zero-order valence-electron chi connectivity index (χ0n) is 9.97. The molecule has 2 rings (SSSR count). The minimum absolute atomic E-state index is 0.0555. The van der Waals surface area contributed by atoms with Gasteiger partial charge in [-0.2, -0.15) is 0 Å². The second-order valence-corrected chi connectivity index (χ2v) is 6.75. The van der Waals surface area contributed by atoms with Crippen molar-refractivity contribution in [2.75, 3.05) is 23.0 Å². The van der Waals surface area contributed by atoms with Gasteiger partial charge in [0.1, 0.15) is 12.1 Å². The normalized spacial score (nSPS) is 22.8. The van der Waals surface area contributed by atoms with Crippen LogP contribution in [0.4, 0.5) is 10.1 Å². The highest BCUT2D eigenvalue weighted by molar-refractivity contribution is 7.91. The van der Waals surface area contributed by atoms with Gasteiger partial charge in [-0.3, -0.25) is 4.79 Å². The summed E-state index contributed by atoms with van der Waals surface area (Å²) in [4.78, 5) is 12.5. The van der Waals surface area contributed by atoms with E-state index in [0.29, 0.717) is 18.5 Å². The molecule has 1 fully saturated rings. The number of sulfone groups is 1. The third-order valence-corrected chi connectivity index (χ3v) is 4.84. The second kappa shape index (κ2) is 4.68. The van der Waals surface area contributed by atoms with Crippen molar-refractivity contribution in [1.82, 2.24) is 0 Å². The molecule has 0 aliphatic carbocycles. The molecule has 6 heteroatoms. The summed E-state index contributed by atoms with van der Waals surface area (Å²) in [7, 11) is -3.00. The second-order valence-electron chi connectivity index (χ2n) is 4.52. The van der Waals surface area contributed by atoms with Gasteiger partial charge in [0.15, 0.2) is 9.84 Å². The molecule has 0 spiro atoms. The first-order valence-electron chi connectivity index (χ1n) is 5.64. The standard InChI is InChI=1S/C12H14FNO3S/c1-9-8-18(16,17)3-2-14(9)12-5-10(7-15)4-11(13)6-12/h4-7,9H,2-3,8H2,1H3. The average molecular weight is 271 g/mol. The summed E-state index contributed by atoms with van der Waals surface area (Å²) in [6, 6.07) is 3.83. The Morgan fingerprint density at radius 1 is 1.39 bits per heavy atom. The summed E-state index contributed by atoms with van der Waals surface area (Å²) in [6.07, 6.45) is 0.581. The minimum Gasteiger partial charge on any atom is -0.367 e. The maximum Gasteiger partial charge on any atom is 0.154 e. The van der Waals surface area contributed by atoms with Crippen molar-refractivity contribution < 1.29 is 17.6 Å². The molecule has 18 heavy (non-hydrogen) atoms. The molecule has 1 atom stereocenters. The lowest BCUT2D eigenvalue weighted by Crippen LogP contribution is -2.47. The summed E-state index contributed by atoms with van der Waals surface area (Å²) in [5.74, 6) is -0.375. The van der Waals surface area contributed by atoms with Crippen LogP contribution < -0.4 is 4.90 Å². The number of nitrogens with zero attached hydrogens (tertiary/aromatic N) is 1. The number of aldehydes is 1. The fraction of sp³-hybridized carbons (Fsp3) is 0.417. The Morgan fingerprint density at radius 2 is 2.11 bits per heavy atom. The highest BCUT2D eigenvalue weighted by Gasteiger charge is 2.28. The number of carbonyl (C=O) groups is 1. The van der Waals surface area contributed by atoms with Crippen LogP contribution in [-0.2, 0) is 9.84 Å². The van der Waals surface area contributed by atoms with E-state index < -0.39 is 15.7 Å². The molecule has 0 bridgehead atoms. The van der Waals surface area contributed by atoms with Crippen molar-refractivity contribution >= 4 is 21.8 Å². The molecule has 1 unspecified atom stereocenters. The molecule has 1 aliphatic heterocycles. The molecule has 0 N–H and O–H groups in total. The molecular formula is C12H14FNO3S. The summed E-state index contributed by atoms with van der Waals surface area (Å²) >= 11 is 0. The van der Waals surface area contributed by atoms with Crippen molar-refractivity contribution in [3.05, 3.63) is 29.6 Å². The minimum atomic E-state index is -3.00. The van der Waals surface area contributed by atoms with Gasteiger partial charge in [0.25, 0.3) is 0 Å². The quantitative estimate of drug-likeness (QED) is 0.760. The maximum atomic E-state index is 13.3. The van der Waals surface area contributed by atoms with E-state index in [0.717, 1.165) is 6.07 Å². The summed E-state index contributed by atoms with van der Waals surface area (Å²) in [6.45, 7) is 2.10. The van der Waals surface area contributed by atoms with Crippen LogP contribution in [0.5, 0.6) is 0 Å². The Kier molecular flexibility index (Phi) is 3.38. The monoisotopic (exact) mass is 271 g/mol. The van der Waals surface area contributed by atoms with E-state index in [1.807, 2.05) is 4.90 Å². The Bertz CT molecular complexity index is 571. The van der Waals surface area contributed by atoms with Crippen molar-refractivity contribution in [1.29, 1.82) is 0 Å². The number of hydrogen-bond donors (Lipinski definition) is 0. The molecular weight excluding hydrogens is 257 g/mol. The van der Waals surface area contributed by atoms with Crippen LogP contribution in [0.3, 0.4) is 0 Å². The topological polar surface area (TPSA) is 54.5 Å². The average Bonchev–Trinajstić information content (AvgIpc) is 2.26. The number of anilines is 1. The first-order valence-corrected chi connectivity index (χ1v) is 7.46. The van der Waals surface area contributed by atoms with E-state index >= 15 is 0 Å². The Morgan fingerprint density at radius 3 is 2.72 bits per heavy atom. The van der Waals surface area contributed by atoms with Gasteiger partial charge in [0.2, 0.25) is 0 Å². The first-order chi connectivity index (χ1) is 8.41. The van der Waals surface area contributed by atoms with Crippen LogP contribution in [-0.4, -0.2) is 38.8 Å². The number of carbonyl (C=O) groups excluding carboxylic acids is 1. The Hall–Kier alpha value is -1.43. The predicted molar refractivity (Wildman–Crippen MR) is 67.2 cm³/mol. The SMILES string of the molecule is CC1CS(=O)(=O)CCN1c1cc(F)cc(C=O)c1. The molecule has 0 aromatic heterocycles. The maximum absolute atomic E-state index is 13.3. The van der Waals surface area contributed by atoms with Gasteiger partial charge >= 0.3 is 0 Å². The lowest BCUT2D eigenvalue weighted by molar-refractivity contribution is 0.112. The Labute approximate surface area is 105 Å². The van der Waals surface area contributed by atoms with Gasteiger partial charge in [0, 0.05) is 23.8 Å². The zero-order chi connectivity index (χ0) is 13.3. The van der Waals surface area contributed by atoms with Crippen molar-refractivity contribution in [2.24, 2.45) is 0 Å². The van der Waals surface area contributed by atoms with E-state index in [1.54, 1.807) is 13.0 Å². The number of hydrogen-bond acceptors (Lipinski definition) is 4. The van der Waals surface area contributed by atoms with Gasteiger partial charge in [-0.1, -0.05) is 0 Å². The van der Waals surface area contributed by atoms with Crippen LogP contribution >= 0.6 is 0 Å². The highest BCUT2D eigenvalue weighted by Crippen LogP contribution is 2.23. The van der Waals surface area contributed by atoms with Crippen LogP contribution in [0.15, 0.2) is 18.2 Å². The molecule has 0 saturated carbocycles. The van der Waals surface area contributed by atoms with Gasteiger partial charge in [-0.15, -0.1) is 0 Å². The van der Waals surface area contributed by atoms with Gasteiger partial charge in [-0.05, 0) is 25.1 Å². The molecule has 1 aliphatic rings. The predicted octanol–water partition coefficient (Wildman–Crippen LogP) is 1.26. The first kappa shape index (κ1) is 13.0. The van der Waals surface area contributed by atoms with E-state index in [2.05, 4.69) is 0 Å². The molecule has 1 heterocycles. The number of halogens is 1. The van der Waals surface area contributed by atoms with Crippen molar-refractivity contribution in [3.8, 4) is 0 Å². The van der Waals surface area contributed by atoms with Crippen molar-refractivity contribution in [2.45, 2.75) is 13.0 Å². The molecule has 1 aromatic carbocycles. The highest BCUT2D eigenvalue weighted by atomic mass is 32.2. The van der Waals surface area contributed by atoms with Crippen LogP contribution in [0, 0.1) is 5.82 Å². The number of benzene rings is 1. The summed E-state index contributed by atoms with van der Waals surface area (Å²) in [5.41, 5.74) is 0.810. The largest absolute Gasteiger partial charge is 0.367 e. The fourth-order valence-corrected chi connectivity index (χ4v) is 3.77. The molecule has 0 radical (unpaired) electrons. The molecule has 0 amide bonds. The van der Waals surface area contributed by atoms with Crippen LogP contribution in [0.1, 0.15) is 17.3 Å². The van der Waals surface area contributed by atoms with Crippen LogP contribution in [0.25, 0.3) is 0 Å². The lowest BCUT2D eigenvalue weighted by atomic mass is 10.1. The fourth-order valence-electron chi connectivity index (χ4n) is 2.21. The smallest absolute Gasteiger partial charge is 0.154 e. The van der Waals surface area contributed by atoms with Crippen LogP contribution in [0.2, 0.25) is 0 Å². The zero-order valence-corrected chi connectivity index (χ0v) is 10.8. The van der Waals surface area contributed by atoms with E-state index in [-0.39, 0.29) is 23.1 Å². The molecule has 98 valence electrons. The molecule has 4 nitrogen and oxygen atoms in total. The summed E-state index contributed by atoms with van der Waals surface area (Å²) in [5, 5.41) is 0. The number of rotatable bonds is 2. The molecule has 1 saturated heterocycles. The van der Waals surface area contributed by atoms with Crippen molar-refractivity contribution in [3.63, 3.8) is 0 Å². The van der Waals surface area contributed by atoms with Gasteiger partial charge in [-0.25, -0.2) is 12.8 Å². The van der Waals surface area contributed by atoms with E-state index in [4.69, 9.17) is 0 Å². The van der Waals surface area contributed by atoms with E-state index in [9.17, 15) is 17.6 Å². The van der Waals surface area contributed by atoms with E-state index in [1.165, 1.54) is 6.07 Å². The molecule has 1 aromatic rings. The summed E-state index contributed by atoms with van der Waals surface area (Å²) < 4.78 is 36.3. The van der Waals surface area contributed by atoms with Gasteiger partial charge < -0.3 is 4.90 Å². The Balaban J connectivity index is 2.32. The lowest BCUT2D eigenvalue weighted by Gasteiger charge is -2.35. The third-order valence-electron chi connectivity index (χ3n) is 3.04.